The van der Waals surface area contributed by atoms with Crippen LogP contribution in [0.3, 0.4) is 0 Å². The minimum absolute atomic E-state index is 0.509. The van der Waals surface area contributed by atoms with Crippen LogP contribution in [0.15, 0.2) is 35.6 Å². The molecule has 0 saturated carbocycles. The van der Waals surface area contributed by atoms with E-state index in [-0.39, 0.29) is 0 Å². The first-order chi connectivity index (χ1) is 12.8. The minimum Gasteiger partial charge on any atom is -0.439 e. The second-order valence-corrected chi connectivity index (χ2v) is 6.70. The monoisotopic (exact) mass is 353 g/mol. The van der Waals surface area contributed by atoms with Gasteiger partial charge in [-0.05, 0) is 55.0 Å². The van der Waals surface area contributed by atoms with Crippen molar-refractivity contribution >= 4 is 5.84 Å². The van der Waals surface area contributed by atoms with E-state index >= 15 is 0 Å². The molecule has 1 aliphatic heterocycles. The lowest BCUT2D eigenvalue weighted by Crippen LogP contribution is -2.41. The molecule has 1 saturated heterocycles. The largest absolute Gasteiger partial charge is 0.439 e. The van der Waals surface area contributed by atoms with Gasteiger partial charge in [-0.1, -0.05) is 11.2 Å². The van der Waals surface area contributed by atoms with E-state index in [0.717, 1.165) is 24.2 Å². The van der Waals surface area contributed by atoms with E-state index in [9.17, 15) is 5.21 Å². The quantitative estimate of drug-likeness (QED) is 0.397. The molecule has 1 aromatic heterocycles. The number of oxime groups is 1. The second-order valence-electron chi connectivity index (χ2n) is 6.70. The lowest BCUT2D eigenvalue weighted by Gasteiger charge is -2.29. The van der Waals surface area contributed by atoms with Crippen LogP contribution in [0.5, 0.6) is 11.6 Å². The van der Waals surface area contributed by atoms with Crippen LogP contribution >= 0.6 is 0 Å². The molecule has 0 amide bonds. The van der Waals surface area contributed by atoms with Gasteiger partial charge in [-0.3, -0.25) is 0 Å². The van der Waals surface area contributed by atoms with Crippen LogP contribution in [0.1, 0.15) is 28.7 Å². The van der Waals surface area contributed by atoms with Crippen molar-refractivity contribution < 1.29 is 14.7 Å². The number of fused-ring (bicyclic) bond motifs is 1. The summed E-state index contributed by atoms with van der Waals surface area (Å²) >= 11 is 0. The molecule has 26 heavy (non-hydrogen) atoms. The molecule has 1 N–H and O–H groups in total. The molecular formula is C20H23N3O3. The van der Waals surface area contributed by atoms with Crippen molar-refractivity contribution in [1.29, 1.82) is 0 Å². The summed E-state index contributed by atoms with van der Waals surface area (Å²) < 4.78 is 11.5. The third kappa shape index (κ3) is 3.24. The Balaban J connectivity index is 1.59. The molecule has 2 aromatic rings. The first-order valence-corrected chi connectivity index (χ1v) is 9.06. The zero-order valence-electron chi connectivity index (χ0n) is 14.9. The molecule has 0 radical (unpaired) electrons. The number of ether oxygens (including phenoxy) is 2. The highest BCUT2D eigenvalue weighted by Crippen LogP contribution is 2.35. The van der Waals surface area contributed by atoms with Crippen molar-refractivity contribution in [2.45, 2.75) is 26.2 Å². The zero-order chi connectivity index (χ0) is 17.9. The normalized spacial score (nSPS) is 17.3. The van der Waals surface area contributed by atoms with Crippen LogP contribution in [-0.4, -0.2) is 47.2 Å². The van der Waals surface area contributed by atoms with Crippen molar-refractivity contribution in [1.82, 2.24) is 9.88 Å². The number of nitrogens with zero attached hydrogens (tertiary/aromatic N) is 3. The number of rotatable bonds is 3. The van der Waals surface area contributed by atoms with Crippen molar-refractivity contribution in [3.63, 3.8) is 0 Å². The Morgan fingerprint density at radius 1 is 1.19 bits per heavy atom. The van der Waals surface area contributed by atoms with Gasteiger partial charge in [0.2, 0.25) is 5.88 Å². The zero-order valence-corrected chi connectivity index (χ0v) is 14.9. The van der Waals surface area contributed by atoms with Crippen LogP contribution in [0.2, 0.25) is 0 Å². The molecule has 136 valence electrons. The predicted octanol–water partition coefficient (Wildman–Crippen LogP) is 3.14. The van der Waals surface area contributed by atoms with Gasteiger partial charge in [0.1, 0.15) is 5.75 Å². The number of amidine groups is 1. The van der Waals surface area contributed by atoms with Crippen molar-refractivity contribution in [3.8, 4) is 11.6 Å². The number of hydrogen-bond donors (Lipinski definition) is 1. The average molecular weight is 353 g/mol. The maximum atomic E-state index is 9.51. The molecule has 4 rings (SSSR count). The summed E-state index contributed by atoms with van der Waals surface area (Å²) in [5.74, 6) is 1.91. The predicted molar refractivity (Wildman–Crippen MR) is 98.2 cm³/mol. The molecule has 2 aliphatic rings. The third-order valence-corrected chi connectivity index (χ3v) is 5.09. The first kappa shape index (κ1) is 16.8. The number of aromatic nitrogens is 1. The van der Waals surface area contributed by atoms with Gasteiger partial charge < -0.3 is 19.6 Å². The molecule has 1 fully saturated rings. The SMILES string of the molecule is Cc1ccc(Oc2cc(/C(=N/O)N3CCOCC3)ccn2)c2c1CCC2. The molecular weight excluding hydrogens is 330 g/mol. The summed E-state index contributed by atoms with van der Waals surface area (Å²) in [6.45, 7) is 4.80. The fourth-order valence-electron chi connectivity index (χ4n) is 3.74. The fraction of sp³-hybridized carbons (Fsp3) is 0.400. The summed E-state index contributed by atoms with van der Waals surface area (Å²) in [6, 6.07) is 7.79. The third-order valence-electron chi connectivity index (χ3n) is 5.09. The molecule has 0 atom stereocenters. The molecule has 6 nitrogen and oxygen atoms in total. The van der Waals surface area contributed by atoms with Gasteiger partial charge in [-0.15, -0.1) is 0 Å². The Morgan fingerprint density at radius 3 is 2.81 bits per heavy atom. The van der Waals surface area contributed by atoms with E-state index in [0.29, 0.717) is 38.0 Å². The van der Waals surface area contributed by atoms with E-state index < -0.39 is 0 Å². The molecule has 6 heteroatoms. The van der Waals surface area contributed by atoms with Crippen molar-refractivity contribution in [3.05, 3.63) is 52.7 Å². The number of pyridine rings is 1. The Kier molecular flexibility index (Phi) is 4.75. The summed E-state index contributed by atoms with van der Waals surface area (Å²) in [4.78, 5) is 6.35. The van der Waals surface area contributed by atoms with E-state index in [1.165, 1.54) is 23.1 Å². The van der Waals surface area contributed by atoms with Crippen molar-refractivity contribution in [2.24, 2.45) is 5.16 Å². The van der Waals surface area contributed by atoms with Crippen LogP contribution < -0.4 is 4.74 Å². The van der Waals surface area contributed by atoms with Gasteiger partial charge in [0.25, 0.3) is 0 Å². The summed E-state index contributed by atoms with van der Waals surface area (Å²) in [7, 11) is 0. The van der Waals surface area contributed by atoms with Gasteiger partial charge in [0, 0.05) is 30.9 Å². The van der Waals surface area contributed by atoms with Crippen LogP contribution in [0.25, 0.3) is 0 Å². The Bertz CT molecular complexity index is 829. The lowest BCUT2D eigenvalue weighted by atomic mass is 10.0. The topological polar surface area (TPSA) is 67.2 Å². The van der Waals surface area contributed by atoms with E-state index in [2.05, 4.69) is 23.1 Å². The van der Waals surface area contributed by atoms with Gasteiger partial charge in [-0.25, -0.2) is 4.98 Å². The second kappa shape index (κ2) is 7.33. The van der Waals surface area contributed by atoms with Crippen LogP contribution in [0.4, 0.5) is 0 Å². The van der Waals surface area contributed by atoms with Gasteiger partial charge in [-0.2, -0.15) is 0 Å². The maximum absolute atomic E-state index is 9.51. The highest BCUT2D eigenvalue weighted by atomic mass is 16.5. The average Bonchev–Trinajstić information content (AvgIpc) is 3.17. The molecule has 0 spiro atoms. The van der Waals surface area contributed by atoms with E-state index in [1.54, 1.807) is 6.20 Å². The van der Waals surface area contributed by atoms with Gasteiger partial charge in [0.05, 0.1) is 13.2 Å². The van der Waals surface area contributed by atoms with E-state index in [1.807, 2.05) is 23.1 Å². The Morgan fingerprint density at radius 2 is 2.00 bits per heavy atom. The Labute approximate surface area is 153 Å². The van der Waals surface area contributed by atoms with Crippen LogP contribution in [0, 0.1) is 6.92 Å². The standard InChI is InChI=1S/C20H23N3O3/c1-14-5-6-18(17-4-2-3-16(14)17)26-19-13-15(7-8-21-19)20(22-24)23-9-11-25-12-10-23/h5-8,13,24H,2-4,9-12H2,1H3/b22-20-. The minimum atomic E-state index is 0.509. The molecule has 2 heterocycles. The summed E-state index contributed by atoms with van der Waals surface area (Å²) in [6.07, 6.45) is 5.01. The lowest BCUT2D eigenvalue weighted by molar-refractivity contribution is 0.0668. The summed E-state index contributed by atoms with van der Waals surface area (Å²) in [5, 5.41) is 13.0. The molecule has 0 bridgehead atoms. The Hall–Kier alpha value is -2.60. The van der Waals surface area contributed by atoms with Gasteiger partial charge >= 0.3 is 0 Å². The molecule has 1 aliphatic carbocycles. The molecule has 0 unspecified atom stereocenters. The number of hydrogen-bond acceptors (Lipinski definition) is 5. The highest BCUT2D eigenvalue weighted by Gasteiger charge is 2.20. The summed E-state index contributed by atoms with van der Waals surface area (Å²) in [5.41, 5.74) is 4.81. The van der Waals surface area contributed by atoms with E-state index in [4.69, 9.17) is 9.47 Å². The highest BCUT2D eigenvalue weighted by molar-refractivity contribution is 5.98. The first-order valence-electron chi connectivity index (χ1n) is 9.06. The van der Waals surface area contributed by atoms with Gasteiger partial charge in [0.15, 0.2) is 5.84 Å². The van der Waals surface area contributed by atoms with Crippen molar-refractivity contribution in [2.75, 3.05) is 26.3 Å². The number of morpholine rings is 1. The fourth-order valence-corrected chi connectivity index (χ4v) is 3.74. The maximum Gasteiger partial charge on any atom is 0.219 e. The number of benzene rings is 1. The molecule has 1 aromatic carbocycles. The van der Waals surface area contributed by atoms with Crippen LogP contribution in [-0.2, 0) is 17.6 Å². The smallest absolute Gasteiger partial charge is 0.219 e. The number of aryl methyl sites for hydroxylation is 1.